The van der Waals surface area contributed by atoms with E-state index in [0.29, 0.717) is 12.3 Å². The first-order valence-corrected chi connectivity index (χ1v) is 5.73. The fourth-order valence-electron chi connectivity index (χ4n) is 1.52. The molecule has 0 aromatic carbocycles. The lowest BCUT2D eigenvalue weighted by Crippen LogP contribution is -2.10. The number of aromatic nitrogens is 2. The molecule has 0 saturated heterocycles. The first kappa shape index (κ1) is 12.7. The maximum Gasteiger partial charge on any atom is 0.306 e. The molecule has 4 nitrogen and oxygen atoms in total. The summed E-state index contributed by atoms with van der Waals surface area (Å²) in [5.74, 6) is -0.436. The number of aliphatic carboxylic acids is 1. The van der Waals surface area contributed by atoms with Gasteiger partial charge in [0.2, 0.25) is 0 Å². The van der Waals surface area contributed by atoms with Gasteiger partial charge in [-0.1, -0.05) is 20.8 Å². The SMILES string of the molecule is CC(C)Cn1cc(CCC(C)C(=O)O)cn1. The number of carbonyl (C=O) groups is 1. The second kappa shape index (κ2) is 5.68. The Labute approximate surface area is 96.3 Å². The summed E-state index contributed by atoms with van der Waals surface area (Å²) in [6, 6.07) is 0. The van der Waals surface area contributed by atoms with Crippen molar-refractivity contribution in [1.29, 1.82) is 0 Å². The molecule has 0 aliphatic carbocycles. The average molecular weight is 224 g/mol. The van der Waals surface area contributed by atoms with Gasteiger partial charge in [-0.2, -0.15) is 5.10 Å². The van der Waals surface area contributed by atoms with Gasteiger partial charge >= 0.3 is 5.97 Å². The van der Waals surface area contributed by atoms with Crippen LogP contribution >= 0.6 is 0 Å². The Morgan fingerprint density at radius 1 is 1.50 bits per heavy atom. The molecule has 1 aromatic heterocycles. The molecule has 0 bridgehead atoms. The van der Waals surface area contributed by atoms with Crippen LogP contribution in [0.15, 0.2) is 12.4 Å². The van der Waals surface area contributed by atoms with Crippen LogP contribution in [0.4, 0.5) is 0 Å². The Bertz CT molecular complexity index is 345. The minimum atomic E-state index is -0.727. The minimum Gasteiger partial charge on any atom is -0.481 e. The predicted octanol–water partition coefficient (Wildman–Crippen LogP) is 2.19. The van der Waals surface area contributed by atoms with Gasteiger partial charge in [0.05, 0.1) is 12.1 Å². The molecule has 1 unspecified atom stereocenters. The summed E-state index contributed by atoms with van der Waals surface area (Å²) in [7, 11) is 0. The molecular formula is C12H20N2O2. The van der Waals surface area contributed by atoms with Crippen LogP contribution in [-0.2, 0) is 17.8 Å². The van der Waals surface area contributed by atoms with E-state index in [1.165, 1.54) is 0 Å². The molecule has 0 aliphatic rings. The highest BCUT2D eigenvalue weighted by Gasteiger charge is 2.11. The van der Waals surface area contributed by atoms with Crippen LogP contribution in [-0.4, -0.2) is 20.9 Å². The molecule has 0 fully saturated rings. The number of carboxylic acids is 1. The van der Waals surface area contributed by atoms with E-state index in [1.807, 2.05) is 17.1 Å². The topological polar surface area (TPSA) is 55.1 Å². The fourth-order valence-corrected chi connectivity index (χ4v) is 1.52. The molecule has 1 aromatic rings. The van der Waals surface area contributed by atoms with Crippen LogP contribution in [0.1, 0.15) is 32.8 Å². The molecule has 16 heavy (non-hydrogen) atoms. The lowest BCUT2D eigenvalue weighted by molar-refractivity contribution is -0.141. The monoisotopic (exact) mass is 224 g/mol. The average Bonchev–Trinajstić information content (AvgIpc) is 2.60. The summed E-state index contributed by atoms with van der Waals surface area (Å²) in [5, 5.41) is 13.0. The predicted molar refractivity (Wildman–Crippen MR) is 62.2 cm³/mol. The van der Waals surface area contributed by atoms with E-state index >= 15 is 0 Å². The van der Waals surface area contributed by atoms with Crippen LogP contribution in [0, 0.1) is 11.8 Å². The molecule has 0 aliphatic heterocycles. The number of hydrogen-bond acceptors (Lipinski definition) is 2. The van der Waals surface area contributed by atoms with Crippen molar-refractivity contribution in [3.8, 4) is 0 Å². The normalized spacial score (nSPS) is 13.0. The van der Waals surface area contributed by atoms with Crippen molar-refractivity contribution >= 4 is 5.97 Å². The second-order valence-electron chi connectivity index (χ2n) is 4.74. The van der Waals surface area contributed by atoms with Crippen LogP contribution in [0.5, 0.6) is 0 Å². The van der Waals surface area contributed by atoms with Gasteiger partial charge < -0.3 is 5.11 Å². The van der Waals surface area contributed by atoms with E-state index in [1.54, 1.807) is 6.92 Å². The van der Waals surface area contributed by atoms with Crippen LogP contribution in [0.3, 0.4) is 0 Å². The van der Waals surface area contributed by atoms with Crippen molar-refractivity contribution in [2.24, 2.45) is 11.8 Å². The van der Waals surface area contributed by atoms with E-state index in [0.717, 1.165) is 18.5 Å². The van der Waals surface area contributed by atoms with Gasteiger partial charge in [0.25, 0.3) is 0 Å². The molecule has 0 amide bonds. The van der Waals surface area contributed by atoms with E-state index in [-0.39, 0.29) is 5.92 Å². The molecule has 1 heterocycles. The van der Waals surface area contributed by atoms with E-state index in [2.05, 4.69) is 18.9 Å². The summed E-state index contributed by atoms with van der Waals surface area (Å²) < 4.78 is 1.92. The van der Waals surface area contributed by atoms with Gasteiger partial charge in [-0.15, -0.1) is 0 Å². The Balaban J connectivity index is 2.43. The summed E-state index contributed by atoms with van der Waals surface area (Å²) in [4.78, 5) is 10.7. The zero-order valence-electron chi connectivity index (χ0n) is 10.2. The number of hydrogen-bond donors (Lipinski definition) is 1. The zero-order chi connectivity index (χ0) is 12.1. The van der Waals surface area contributed by atoms with Crippen LogP contribution in [0.25, 0.3) is 0 Å². The van der Waals surface area contributed by atoms with E-state index < -0.39 is 5.97 Å². The maximum atomic E-state index is 10.7. The standard InChI is InChI=1S/C12H20N2O2/c1-9(2)7-14-8-11(6-13-14)5-4-10(3)12(15)16/h6,8-10H,4-5,7H2,1-3H3,(H,15,16). The summed E-state index contributed by atoms with van der Waals surface area (Å²) in [6.45, 7) is 6.94. The highest BCUT2D eigenvalue weighted by Crippen LogP contribution is 2.10. The smallest absolute Gasteiger partial charge is 0.306 e. The highest BCUT2D eigenvalue weighted by molar-refractivity contribution is 5.69. The Hall–Kier alpha value is -1.32. The molecule has 0 radical (unpaired) electrons. The lowest BCUT2D eigenvalue weighted by Gasteiger charge is -2.04. The van der Waals surface area contributed by atoms with Crippen molar-refractivity contribution in [2.45, 2.75) is 40.2 Å². The molecule has 1 N–H and O–H groups in total. The van der Waals surface area contributed by atoms with Crippen molar-refractivity contribution in [1.82, 2.24) is 9.78 Å². The van der Waals surface area contributed by atoms with Crippen molar-refractivity contribution in [3.05, 3.63) is 18.0 Å². The summed E-state index contributed by atoms with van der Waals surface area (Å²) in [6.07, 6.45) is 5.29. The van der Waals surface area contributed by atoms with Gasteiger partial charge in [0.15, 0.2) is 0 Å². The zero-order valence-corrected chi connectivity index (χ0v) is 10.2. The third-order valence-electron chi connectivity index (χ3n) is 2.53. The molecule has 0 saturated carbocycles. The van der Waals surface area contributed by atoms with Crippen LogP contribution in [0.2, 0.25) is 0 Å². The second-order valence-corrected chi connectivity index (χ2v) is 4.74. The third-order valence-corrected chi connectivity index (χ3v) is 2.53. The first-order valence-electron chi connectivity index (χ1n) is 5.73. The van der Waals surface area contributed by atoms with Gasteiger partial charge in [0, 0.05) is 12.7 Å². The molecule has 90 valence electrons. The van der Waals surface area contributed by atoms with Crippen molar-refractivity contribution in [2.75, 3.05) is 0 Å². The highest BCUT2D eigenvalue weighted by atomic mass is 16.4. The quantitative estimate of drug-likeness (QED) is 0.805. The lowest BCUT2D eigenvalue weighted by atomic mass is 10.0. The molecule has 1 rings (SSSR count). The number of carboxylic acid groups (broad SMARTS) is 1. The van der Waals surface area contributed by atoms with Crippen LogP contribution < -0.4 is 0 Å². The number of nitrogens with zero attached hydrogens (tertiary/aromatic N) is 2. The number of rotatable bonds is 6. The van der Waals surface area contributed by atoms with Gasteiger partial charge in [-0.05, 0) is 24.3 Å². The van der Waals surface area contributed by atoms with E-state index in [4.69, 9.17) is 5.11 Å². The van der Waals surface area contributed by atoms with E-state index in [9.17, 15) is 4.79 Å². The van der Waals surface area contributed by atoms with Gasteiger partial charge in [0.1, 0.15) is 0 Å². The van der Waals surface area contributed by atoms with Crippen molar-refractivity contribution in [3.63, 3.8) is 0 Å². The summed E-state index contributed by atoms with van der Waals surface area (Å²) >= 11 is 0. The first-order chi connectivity index (χ1) is 7.49. The molecule has 1 atom stereocenters. The Morgan fingerprint density at radius 2 is 2.19 bits per heavy atom. The van der Waals surface area contributed by atoms with Gasteiger partial charge in [-0.25, -0.2) is 0 Å². The summed E-state index contributed by atoms with van der Waals surface area (Å²) in [5.41, 5.74) is 1.12. The Kier molecular flexibility index (Phi) is 4.52. The van der Waals surface area contributed by atoms with Gasteiger partial charge in [-0.3, -0.25) is 9.48 Å². The molecule has 4 heteroatoms. The molecule has 0 spiro atoms. The number of aryl methyl sites for hydroxylation is 1. The van der Waals surface area contributed by atoms with Crippen molar-refractivity contribution < 1.29 is 9.90 Å². The minimum absolute atomic E-state index is 0.284. The molecular weight excluding hydrogens is 204 g/mol. The largest absolute Gasteiger partial charge is 0.481 e. The maximum absolute atomic E-state index is 10.7. The Morgan fingerprint density at radius 3 is 2.75 bits per heavy atom. The fraction of sp³-hybridized carbons (Fsp3) is 0.667. The third kappa shape index (κ3) is 4.04.